The van der Waals surface area contributed by atoms with Gasteiger partial charge in [0.2, 0.25) is 5.91 Å². The van der Waals surface area contributed by atoms with Crippen molar-refractivity contribution < 1.29 is 13.9 Å². The standard InChI is InChI=1S/C20H35N5O3/c1-3-4-8-22-20(23-9-7-18-6-5-15-28-18)25-13-11-24(12-14-25)17-19(26)21-10-16-27-2/h5-6,15H,3-4,7-14,16-17H2,1-2H3,(H,21,26)(H,22,23). The van der Waals surface area contributed by atoms with Crippen LogP contribution in [0.5, 0.6) is 0 Å². The van der Waals surface area contributed by atoms with Gasteiger partial charge in [0.15, 0.2) is 5.96 Å². The predicted octanol–water partition coefficient (Wildman–Crippen LogP) is 0.948. The Bertz CT molecular complexity index is 568. The van der Waals surface area contributed by atoms with E-state index < -0.39 is 0 Å². The Hall–Kier alpha value is -2.06. The first-order valence-electron chi connectivity index (χ1n) is 10.3. The fourth-order valence-corrected chi connectivity index (χ4v) is 3.03. The molecule has 158 valence electrons. The van der Waals surface area contributed by atoms with Gasteiger partial charge in [-0.05, 0) is 18.6 Å². The van der Waals surface area contributed by atoms with Crippen LogP contribution in [0.2, 0.25) is 0 Å². The zero-order valence-electron chi connectivity index (χ0n) is 17.3. The first-order valence-corrected chi connectivity index (χ1v) is 10.3. The molecule has 8 nitrogen and oxygen atoms in total. The summed E-state index contributed by atoms with van der Waals surface area (Å²) in [6.07, 6.45) is 4.76. The van der Waals surface area contributed by atoms with Gasteiger partial charge in [-0.3, -0.25) is 14.7 Å². The monoisotopic (exact) mass is 393 g/mol. The van der Waals surface area contributed by atoms with Gasteiger partial charge in [0.05, 0.1) is 19.4 Å². The number of guanidine groups is 1. The minimum Gasteiger partial charge on any atom is -0.469 e. The van der Waals surface area contributed by atoms with E-state index in [0.29, 0.717) is 19.7 Å². The number of rotatable bonds is 11. The number of piperazine rings is 1. The van der Waals surface area contributed by atoms with E-state index in [1.54, 1.807) is 13.4 Å². The van der Waals surface area contributed by atoms with Gasteiger partial charge in [0.25, 0.3) is 0 Å². The highest BCUT2D eigenvalue weighted by Gasteiger charge is 2.21. The molecule has 2 rings (SSSR count). The first-order chi connectivity index (χ1) is 13.7. The van der Waals surface area contributed by atoms with Crippen molar-refractivity contribution in [1.29, 1.82) is 0 Å². The lowest BCUT2D eigenvalue weighted by Gasteiger charge is -2.36. The lowest BCUT2D eigenvalue weighted by molar-refractivity contribution is -0.122. The Kier molecular flexibility index (Phi) is 10.5. The van der Waals surface area contributed by atoms with Crippen molar-refractivity contribution >= 4 is 11.9 Å². The smallest absolute Gasteiger partial charge is 0.234 e. The van der Waals surface area contributed by atoms with Crippen LogP contribution < -0.4 is 10.6 Å². The van der Waals surface area contributed by atoms with Crippen molar-refractivity contribution in [1.82, 2.24) is 20.4 Å². The number of aliphatic imine (C=N–C) groups is 1. The van der Waals surface area contributed by atoms with Crippen LogP contribution in [0.25, 0.3) is 0 Å². The Labute approximate surface area is 168 Å². The molecule has 1 aliphatic heterocycles. The Morgan fingerprint density at radius 3 is 2.75 bits per heavy atom. The molecule has 0 spiro atoms. The highest BCUT2D eigenvalue weighted by atomic mass is 16.5. The molecule has 1 aromatic rings. The molecule has 1 fully saturated rings. The quantitative estimate of drug-likeness (QED) is 0.331. The summed E-state index contributed by atoms with van der Waals surface area (Å²) >= 11 is 0. The lowest BCUT2D eigenvalue weighted by atomic mass is 10.3. The highest BCUT2D eigenvalue weighted by molar-refractivity contribution is 5.80. The summed E-state index contributed by atoms with van der Waals surface area (Å²) in [7, 11) is 1.63. The minimum absolute atomic E-state index is 0.0545. The topological polar surface area (TPSA) is 82.3 Å². The van der Waals surface area contributed by atoms with Gasteiger partial charge in [0, 0.05) is 59.3 Å². The molecule has 1 aromatic heterocycles. The molecule has 2 N–H and O–H groups in total. The van der Waals surface area contributed by atoms with Gasteiger partial charge in [0.1, 0.15) is 5.76 Å². The fourth-order valence-electron chi connectivity index (χ4n) is 3.03. The number of furan rings is 1. The van der Waals surface area contributed by atoms with E-state index >= 15 is 0 Å². The first kappa shape index (κ1) is 22.2. The van der Waals surface area contributed by atoms with E-state index in [-0.39, 0.29) is 5.91 Å². The maximum Gasteiger partial charge on any atom is 0.234 e. The normalized spacial score (nSPS) is 15.6. The van der Waals surface area contributed by atoms with Crippen LogP contribution in [-0.4, -0.2) is 87.7 Å². The highest BCUT2D eigenvalue weighted by Crippen LogP contribution is 2.04. The van der Waals surface area contributed by atoms with Crippen LogP contribution >= 0.6 is 0 Å². The van der Waals surface area contributed by atoms with Crippen molar-refractivity contribution in [3.63, 3.8) is 0 Å². The number of nitrogens with zero attached hydrogens (tertiary/aromatic N) is 3. The van der Waals surface area contributed by atoms with Crippen LogP contribution in [0.1, 0.15) is 25.5 Å². The molecule has 1 aliphatic rings. The number of nitrogens with one attached hydrogen (secondary N) is 2. The number of hydrogen-bond acceptors (Lipinski definition) is 5. The van der Waals surface area contributed by atoms with Crippen LogP contribution in [0, 0.1) is 0 Å². The summed E-state index contributed by atoms with van der Waals surface area (Å²) < 4.78 is 10.4. The molecule has 0 atom stereocenters. The van der Waals surface area contributed by atoms with E-state index in [4.69, 9.17) is 14.1 Å². The second kappa shape index (κ2) is 13.2. The van der Waals surface area contributed by atoms with Gasteiger partial charge in [-0.2, -0.15) is 0 Å². The number of unbranched alkanes of at least 4 members (excludes halogenated alkanes) is 1. The summed E-state index contributed by atoms with van der Waals surface area (Å²) in [6, 6.07) is 3.91. The molecular formula is C20H35N5O3. The fraction of sp³-hybridized carbons (Fsp3) is 0.700. The van der Waals surface area contributed by atoms with Crippen molar-refractivity contribution in [2.45, 2.75) is 26.2 Å². The molecule has 0 aromatic carbocycles. The van der Waals surface area contributed by atoms with Gasteiger partial charge >= 0.3 is 0 Å². The molecule has 0 radical (unpaired) electrons. The average molecular weight is 394 g/mol. The molecule has 28 heavy (non-hydrogen) atoms. The number of carbonyl (C=O) groups is 1. The molecule has 1 amide bonds. The van der Waals surface area contributed by atoms with Crippen molar-refractivity contribution in [3.8, 4) is 0 Å². The number of carbonyl (C=O) groups excluding carboxylic acids is 1. The van der Waals surface area contributed by atoms with Crippen LogP contribution in [0.15, 0.2) is 27.8 Å². The summed E-state index contributed by atoms with van der Waals surface area (Å²) in [4.78, 5) is 21.2. The molecule has 8 heteroatoms. The maximum atomic E-state index is 12.0. The zero-order valence-corrected chi connectivity index (χ0v) is 17.3. The van der Waals surface area contributed by atoms with E-state index in [1.807, 2.05) is 12.1 Å². The van der Waals surface area contributed by atoms with Crippen molar-refractivity contribution in [2.75, 3.05) is 66.1 Å². The predicted molar refractivity (Wildman–Crippen MR) is 111 cm³/mol. The molecule has 0 unspecified atom stereocenters. The lowest BCUT2D eigenvalue weighted by Crippen LogP contribution is -2.54. The molecular weight excluding hydrogens is 358 g/mol. The van der Waals surface area contributed by atoms with Crippen molar-refractivity contribution in [3.05, 3.63) is 24.2 Å². The number of ether oxygens (including phenoxy) is 1. The number of hydrogen-bond donors (Lipinski definition) is 2. The van der Waals surface area contributed by atoms with Crippen LogP contribution in [0.4, 0.5) is 0 Å². The average Bonchev–Trinajstić information content (AvgIpc) is 3.21. The van der Waals surface area contributed by atoms with E-state index in [9.17, 15) is 4.79 Å². The molecule has 0 bridgehead atoms. The third-order valence-electron chi connectivity index (χ3n) is 4.68. The largest absolute Gasteiger partial charge is 0.469 e. The van der Waals surface area contributed by atoms with Crippen LogP contribution in [-0.2, 0) is 16.0 Å². The third kappa shape index (κ3) is 8.31. The van der Waals surface area contributed by atoms with Gasteiger partial charge in [-0.15, -0.1) is 0 Å². The van der Waals surface area contributed by atoms with Crippen molar-refractivity contribution in [2.24, 2.45) is 4.99 Å². The summed E-state index contributed by atoms with van der Waals surface area (Å²) in [5, 5.41) is 6.36. The summed E-state index contributed by atoms with van der Waals surface area (Å²) in [5.74, 6) is 1.99. The maximum absolute atomic E-state index is 12.0. The molecule has 0 saturated carbocycles. The minimum atomic E-state index is 0.0545. The number of methoxy groups -OCH3 is 1. The molecule has 1 saturated heterocycles. The Morgan fingerprint density at radius 1 is 1.25 bits per heavy atom. The van der Waals surface area contributed by atoms with Gasteiger partial charge in [-0.1, -0.05) is 13.3 Å². The van der Waals surface area contributed by atoms with Gasteiger partial charge in [-0.25, -0.2) is 0 Å². The molecule has 0 aliphatic carbocycles. The van der Waals surface area contributed by atoms with E-state index in [0.717, 1.165) is 70.3 Å². The van der Waals surface area contributed by atoms with E-state index in [2.05, 4.69) is 27.4 Å². The second-order valence-corrected chi connectivity index (χ2v) is 6.92. The zero-order chi connectivity index (χ0) is 20.0. The molecule has 2 heterocycles. The Balaban J connectivity index is 1.76. The van der Waals surface area contributed by atoms with Gasteiger partial charge < -0.3 is 24.7 Å². The summed E-state index contributed by atoms with van der Waals surface area (Å²) in [5.41, 5.74) is 0. The third-order valence-corrected chi connectivity index (χ3v) is 4.68. The Morgan fingerprint density at radius 2 is 2.07 bits per heavy atom. The SMILES string of the molecule is CCCCN=C(NCCc1ccco1)N1CCN(CC(=O)NCCOC)CC1. The van der Waals surface area contributed by atoms with Crippen LogP contribution in [0.3, 0.4) is 0 Å². The second-order valence-electron chi connectivity index (χ2n) is 6.92. The number of amides is 1. The summed E-state index contributed by atoms with van der Waals surface area (Å²) in [6.45, 7) is 8.77. The van der Waals surface area contributed by atoms with E-state index in [1.165, 1.54) is 0 Å².